The van der Waals surface area contributed by atoms with Gasteiger partial charge >= 0.3 is 0 Å². The van der Waals surface area contributed by atoms with E-state index in [-0.39, 0.29) is 12.4 Å². The first-order chi connectivity index (χ1) is 9.19. The molecule has 102 valence electrons. The molecule has 1 aromatic heterocycles. The van der Waals surface area contributed by atoms with Crippen molar-refractivity contribution < 1.29 is 9.50 Å². The molecule has 0 saturated carbocycles. The molecule has 0 aliphatic heterocycles. The second-order valence-electron chi connectivity index (χ2n) is 4.36. The quantitative estimate of drug-likeness (QED) is 0.834. The van der Waals surface area contributed by atoms with Crippen molar-refractivity contribution >= 4 is 5.69 Å². The molecule has 1 aromatic carbocycles. The minimum absolute atomic E-state index is 0.141. The molecular formula is C13H17FN4O. The monoisotopic (exact) mass is 264 g/mol. The number of nitrogens with one attached hydrogen (secondary N) is 1. The van der Waals surface area contributed by atoms with Gasteiger partial charge in [0.15, 0.2) is 0 Å². The second kappa shape index (κ2) is 6.29. The lowest BCUT2D eigenvalue weighted by atomic mass is 10.2. The largest absolute Gasteiger partial charge is 0.396 e. The van der Waals surface area contributed by atoms with Crippen LogP contribution >= 0.6 is 0 Å². The molecule has 19 heavy (non-hydrogen) atoms. The zero-order chi connectivity index (χ0) is 13.7. The van der Waals surface area contributed by atoms with Crippen molar-refractivity contribution in [1.82, 2.24) is 15.0 Å². The van der Waals surface area contributed by atoms with Crippen molar-refractivity contribution in [3.05, 3.63) is 41.5 Å². The number of hydrogen-bond donors (Lipinski definition) is 2. The number of halogens is 1. The fraction of sp³-hybridized carbons (Fsp3) is 0.385. The van der Waals surface area contributed by atoms with Gasteiger partial charge in [-0.3, -0.25) is 4.68 Å². The van der Waals surface area contributed by atoms with Gasteiger partial charge in [0.2, 0.25) is 0 Å². The Kier molecular flexibility index (Phi) is 4.46. The lowest BCUT2D eigenvalue weighted by Crippen LogP contribution is -2.02. The van der Waals surface area contributed by atoms with Crippen LogP contribution in [0.3, 0.4) is 0 Å². The molecule has 0 spiro atoms. The molecule has 0 fully saturated rings. The normalized spacial score (nSPS) is 10.7. The number of nitrogens with zero attached hydrogens (tertiary/aromatic N) is 3. The highest BCUT2D eigenvalue weighted by atomic mass is 19.1. The van der Waals surface area contributed by atoms with Gasteiger partial charge in [-0.2, -0.15) is 0 Å². The lowest BCUT2D eigenvalue weighted by Gasteiger charge is -2.07. The molecule has 0 unspecified atom stereocenters. The fourth-order valence-electron chi connectivity index (χ4n) is 1.77. The van der Waals surface area contributed by atoms with Crippen molar-refractivity contribution in [3.8, 4) is 0 Å². The predicted molar refractivity (Wildman–Crippen MR) is 70.2 cm³/mol. The number of hydrogen-bond acceptors (Lipinski definition) is 4. The van der Waals surface area contributed by atoms with Crippen molar-refractivity contribution in [2.24, 2.45) is 0 Å². The standard InChI is InChI=1S/C13H17FN4O/c1-10-7-11(14)3-4-13(10)15-8-12-9-18(17-16-12)5-2-6-19/h3-4,7,9,15,19H,2,5-6,8H2,1H3. The number of rotatable bonds is 6. The minimum Gasteiger partial charge on any atom is -0.396 e. The topological polar surface area (TPSA) is 63.0 Å². The average molecular weight is 264 g/mol. The van der Waals surface area contributed by atoms with E-state index in [1.165, 1.54) is 12.1 Å². The summed E-state index contributed by atoms with van der Waals surface area (Å²) in [6, 6.07) is 4.62. The molecule has 0 aliphatic rings. The Morgan fingerprint density at radius 3 is 3.00 bits per heavy atom. The number of aliphatic hydroxyl groups excluding tert-OH is 1. The molecule has 2 aromatic rings. The molecular weight excluding hydrogens is 247 g/mol. The lowest BCUT2D eigenvalue weighted by molar-refractivity contribution is 0.276. The van der Waals surface area contributed by atoms with Crippen LogP contribution in [0.2, 0.25) is 0 Å². The number of aromatic nitrogens is 3. The van der Waals surface area contributed by atoms with E-state index in [0.717, 1.165) is 16.9 Å². The maximum absolute atomic E-state index is 13.0. The number of anilines is 1. The SMILES string of the molecule is Cc1cc(F)ccc1NCc1cn(CCCO)nn1. The maximum atomic E-state index is 13.0. The van der Waals surface area contributed by atoms with Crippen LogP contribution in [0.5, 0.6) is 0 Å². The molecule has 0 radical (unpaired) electrons. The Bertz CT molecular complexity index is 541. The Morgan fingerprint density at radius 1 is 1.42 bits per heavy atom. The van der Waals surface area contributed by atoms with Gasteiger partial charge in [0.05, 0.1) is 12.7 Å². The average Bonchev–Trinajstić information content (AvgIpc) is 2.83. The summed E-state index contributed by atoms with van der Waals surface area (Å²) in [6.45, 7) is 3.18. The van der Waals surface area contributed by atoms with E-state index >= 15 is 0 Å². The first-order valence-electron chi connectivity index (χ1n) is 6.19. The molecule has 1 heterocycles. The van der Waals surface area contributed by atoms with Gasteiger partial charge < -0.3 is 10.4 Å². The van der Waals surface area contributed by atoms with E-state index < -0.39 is 0 Å². The van der Waals surface area contributed by atoms with Crippen LogP contribution in [0, 0.1) is 12.7 Å². The summed E-state index contributed by atoms with van der Waals surface area (Å²) < 4.78 is 14.7. The minimum atomic E-state index is -0.238. The fourth-order valence-corrected chi connectivity index (χ4v) is 1.77. The van der Waals surface area contributed by atoms with Crippen molar-refractivity contribution in [3.63, 3.8) is 0 Å². The Morgan fingerprint density at radius 2 is 2.26 bits per heavy atom. The highest BCUT2D eigenvalue weighted by Gasteiger charge is 2.03. The van der Waals surface area contributed by atoms with Gasteiger partial charge in [-0.15, -0.1) is 5.10 Å². The summed E-state index contributed by atoms with van der Waals surface area (Å²) in [6.07, 6.45) is 2.49. The predicted octanol–water partition coefficient (Wildman–Crippen LogP) is 1.72. The molecule has 2 rings (SSSR count). The Hall–Kier alpha value is -1.95. The van der Waals surface area contributed by atoms with E-state index in [2.05, 4.69) is 15.6 Å². The van der Waals surface area contributed by atoms with Crippen LogP contribution in [0.15, 0.2) is 24.4 Å². The molecule has 0 amide bonds. The smallest absolute Gasteiger partial charge is 0.123 e. The van der Waals surface area contributed by atoms with Gasteiger partial charge in [0.25, 0.3) is 0 Å². The van der Waals surface area contributed by atoms with Crippen LogP contribution in [0.25, 0.3) is 0 Å². The van der Waals surface area contributed by atoms with Gasteiger partial charge in [-0.25, -0.2) is 4.39 Å². The van der Waals surface area contributed by atoms with Crippen LogP contribution in [0.4, 0.5) is 10.1 Å². The van der Waals surface area contributed by atoms with Crippen molar-refractivity contribution in [1.29, 1.82) is 0 Å². The van der Waals surface area contributed by atoms with E-state index in [1.54, 1.807) is 10.7 Å². The summed E-state index contributed by atoms with van der Waals surface area (Å²) in [5, 5.41) is 19.9. The van der Waals surface area contributed by atoms with Gasteiger partial charge in [0, 0.05) is 18.8 Å². The van der Waals surface area contributed by atoms with E-state index in [1.807, 2.05) is 13.1 Å². The zero-order valence-corrected chi connectivity index (χ0v) is 10.8. The van der Waals surface area contributed by atoms with Gasteiger partial charge in [0.1, 0.15) is 11.5 Å². The summed E-state index contributed by atoms with van der Waals surface area (Å²) in [4.78, 5) is 0. The van der Waals surface area contributed by atoms with Gasteiger partial charge in [-0.05, 0) is 37.1 Å². The third-order valence-electron chi connectivity index (χ3n) is 2.78. The number of aryl methyl sites for hydroxylation is 2. The molecule has 0 atom stereocenters. The number of benzene rings is 1. The first kappa shape index (κ1) is 13.5. The van der Waals surface area contributed by atoms with Crippen LogP contribution in [0.1, 0.15) is 17.7 Å². The van der Waals surface area contributed by atoms with E-state index in [9.17, 15) is 4.39 Å². The van der Waals surface area contributed by atoms with Crippen molar-refractivity contribution in [2.45, 2.75) is 26.4 Å². The highest BCUT2D eigenvalue weighted by Crippen LogP contribution is 2.16. The second-order valence-corrected chi connectivity index (χ2v) is 4.36. The molecule has 5 nitrogen and oxygen atoms in total. The van der Waals surface area contributed by atoms with E-state index in [0.29, 0.717) is 19.5 Å². The first-order valence-corrected chi connectivity index (χ1v) is 6.19. The summed E-state index contributed by atoms with van der Waals surface area (Å²) in [5.74, 6) is -0.238. The Balaban J connectivity index is 1.92. The molecule has 2 N–H and O–H groups in total. The maximum Gasteiger partial charge on any atom is 0.123 e. The van der Waals surface area contributed by atoms with Crippen molar-refractivity contribution in [2.75, 3.05) is 11.9 Å². The third-order valence-corrected chi connectivity index (χ3v) is 2.78. The molecule has 0 bridgehead atoms. The van der Waals surface area contributed by atoms with E-state index in [4.69, 9.17) is 5.11 Å². The third kappa shape index (κ3) is 3.75. The molecule has 0 saturated heterocycles. The van der Waals surface area contributed by atoms with Crippen LogP contribution in [-0.2, 0) is 13.1 Å². The van der Waals surface area contributed by atoms with Crippen LogP contribution in [-0.4, -0.2) is 26.7 Å². The van der Waals surface area contributed by atoms with Gasteiger partial charge in [-0.1, -0.05) is 5.21 Å². The zero-order valence-electron chi connectivity index (χ0n) is 10.8. The molecule has 0 aliphatic carbocycles. The summed E-state index contributed by atoms with van der Waals surface area (Å²) in [5.41, 5.74) is 2.54. The molecule has 6 heteroatoms. The summed E-state index contributed by atoms with van der Waals surface area (Å²) in [7, 11) is 0. The number of aliphatic hydroxyl groups is 1. The Labute approximate surface area is 111 Å². The summed E-state index contributed by atoms with van der Waals surface area (Å²) >= 11 is 0. The van der Waals surface area contributed by atoms with Crippen LogP contribution < -0.4 is 5.32 Å². The highest BCUT2D eigenvalue weighted by molar-refractivity contribution is 5.50.